The van der Waals surface area contributed by atoms with Gasteiger partial charge >= 0.3 is 6.36 Å². The molecule has 1 aromatic rings. The molecule has 0 atom stereocenters. The van der Waals surface area contributed by atoms with Crippen LogP contribution in [0.2, 0.25) is 0 Å². The summed E-state index contributed by atoms with van der Waals surface area (Å²) in [5.41, 5.74) is 1.78. The number of para-hydroxylation sites is 1. The van der Waals surface area contributed by atoms with E-state index >= 15 is 0 Å². The van der Waals surface area contributed by atoms with Gasteiger partial charge in [-0.3, -0.25) is 15.7 Å². The molecule has 0 spiro atoms. The number of halogens is 3. The van der Waals surface area contributed by atoms with Gasteiger partial charge in [-0.1, -0.05) is 12.1 Å². The number of amidine groups is 1. The lowest BCUT2D eigenvalue weighted by molar-refractivity contribution is -0.274. The summed E-state index contributed by atoms with van der Waals surface area (Å²) in [6.07, 6.45) is -4.79. The third kappa shape index (κ3) is 3.95. The predicted octanol–water partition coefficient (Wildman–Crippen LogP) is 2.33. The molecule has 0 aliphatic carbocycles. The van der Waals surface area contributed by atoms with Gasteiger partial charge in [-0.25, -0.2) is 0 Å². The quantitative estimate of drug-likeness (QED) is 0.490. The normalized spacial score (nSPS) is 12.4. The Kier molecular flexibility index (Phi) is 4.33. The van der Waals surface area contributed by atoms with Crippen molar-refractivity contribution in [3.05, 3.63) is 29.8 Å². The molecule has 0 saturated carbocycles. The van der Waals surface area contributed by atoms with Crippen molar-refractivity contribution in [3.63, 3.8) is 0 Å². The van der Waals surface area contributed by atoms with Crippen LogP contribution in [0, 0.1) is 0 Å². The highest BCUT2D eigenvalue weighted by Crippen LogP contribution is 2.26. The molecule has 1 rings (SSSR count). The van der Waals surface area contributed by atoms with Crippen LogP contribution >= 0.6 is 0 Å². The summed E-state index contributed by atoms with van der Waals surface area (Å²) >= 11 is 0. The topological polar surface area (TPSA) is 53.9 Å². The maximum atomic E-state index is 12.1. The fourth-order valence-electron chi connectivity index (χ4n) is 1.21. The van der Waals surface area contributed by atoms with Crippen LogP contribution in [-0.2, 0) is 0 Å². The van der Waals surface area contributed by atoms with Gasteiger partial charge in [0.1, 0.15) is 5.75 Å². The van der Waals surface area contributed by atoms with Crippen molar-refractivity contribution >= 4 is 5.84 Å². The van der Waals surface area contributed by atoms with E-state index in [0.29, 0.717) is 6.54 Å². The summed E-state index contributed by atoms with van der Waals surface area (Å²) in [4.78, 5) is 3.81. The second-order valence-electron chi connectivity index (χ2n) is 2.98. The molecule has 0 bridgehead atoms. The van der Waals surface area contributed by atoms with Gasteiger partial charge in [-0.15, -0.1) is 13.2 Å². The molecule has 0 heterocycles. The standard InChI is InChI=1S/C10H11F3N2O2/c1-2-14-9(15-16)7-5-3-4-6-8(7)17-10(11,12)13/h3-6,16H,2H2,1H3,(H,14,15). The summed E-state index contributed by atoms with van der Waals surface area (Å²) in [7, 11) is 0. The fourth-order valence-corrected chi connectivity index (χ4v) is 1.21. The lowest BCUT2D eigenvalue weighted by Crippen LogP contribution is -2.24. The molecule has 17 heavy (non-hydrogen) atoms. The molecule has 0 amide bonds. The van der Waals surface area contributed by atoms with Crippen LogP contribution in [0.3, 0.4) is 0 Å². The maximum absolute atomic E-state index is 12.1. The van der Waals surface area contributed by atoms with E-state index in [1.807, 2.05) is 0 Å². The highest BCUT2D eigenvalue weighted by Gasteiger charge is 2.32. The summed E-state index contributed by atoms with van der Waals surface area (Å²) < 4.78 is 40.2. The van der Waals surface area contributed by atoms with E-state index in [1.165, 1.54) is 18.2 Å². The van der Waals surface area contributed by atoms with E-state index in [-0.39, 0.29) is 11.4 Å². The van der Waals surface area contributed by atoms with Gasteiger partial charge in [0.05, 0.1) is 5.56 Å². The summed E-state index contributed by atoms with van der Waals surface area (Å²) in [6.45, 7) is 1.99. The third-order valence-electron chi connectivity index (χ3n) is 1.79. The van der Waals surface area contributed by atoms with Gasteiger partial charge in [0, 0.05) is 6.54 Å². The first kappa shape index (κ1) is 13.3. The number of benzene rings is 1. The van der Waals surface area contributed by atoms with Gasteiger partial charge in [-0.2, -0.15) is 0 Å². The summed E-state index contributed by atoms with van der Waals surface area (Å²) in [6, 6.07) is 5.41. The molecule has 0 fully saturated rings. The summed E-state index contributed by atoms with van der Waals surface area (Å²) in [5.74, 6) is -0.499. The average Bonchev–Trinajstić information content (AvgIpc) is 2.25. The Hall–Kier alpha value is -1.76. The lowest BCUT2D eigenvalue weighted by Gasteiger charge is -2.13. The molecule has 0 aromatic heterocycles. The molecule has 1 aromatic carbocycles. The van der Waals surface area contributed by atoms with Crippen LogP contribution in [0.25, 0.3) is 0 Å². The smallest absolute Gasteiger partial charge is 0.405 e. The molecular weight excluding hydrogens is 237 g/mol. The second kappa shape index (κ2) is 5.53. The van der Waals surface area contributed by atoms with Crippen LogP contribution in [0.1, 0.15) is 12.5 Å². The highest BCUT2D eigenvalue weighted by molar-refractivity contribution is 6.00. The highest BCUT2D eigenvalue weighted by atomic mass is 19.4. The first-order valence-electron chi connectivity index (χ1n) is 4.77. The van der Waals surface area contributed by atoms with Crippen LogP contribution in [0.5, 0.6) is 5.75 Å². The fraction of sp³-hybridized carbons (Fsp3) is 0.300. The van der Waals surface area contributed by atoms with Crippen molar-refractivity contribution in [1.82, 2.24) is 5.48 Å². The molecule has 94 valence electrons. The largest absolute Gasteiger partial charge is 0.573 e. The average molecular weight is 248 g/mol. The minimum absolute atomic E-state index is 0.0363. The Morgan fingerprint density at radius 2 is 2.06 bits per heavy atom. The minimum Gasteiger partial charge on any atom is -0.405 e. The first-order valence-corrected chi connectivity index (χ1v) is 4.77. The molecule has 2 N–H and O–H groups in total. The van der Waals surface area contributed by atoms with Crippen molar-refractivity contribution in [3.8, 4) is 5.75 Å². The number of ether oxygens (including phenoxy) is 1. The predicted molar refractivity (Wildman–Crippen MR) is 55.1 cm³/mol. The molecule has 0 aliphatic rings. The van der Waals surface area contributed by atoms with Crippen LogP contribution in [-0.4, -0.2) is 23.9 Å². The molecule has 0 radical (unpaired) electrons. The van der Waals surface area contributed by atoms with Crippen molar-refractivity contribution in [2.75, 3.05) is 6.54 Å². The van der Waals surface area contributed by atoms with Gasteiger partial charge in [0.25, 0.3) is 0 Å². The van der Waals surface area contributed by atoms with Crippen molar-refractivity contribution < 1.29 is 23.1 Å². The third-order valence-corrected chi connectivity index (χ3v) is 1.79. The number of rotatable bonds is 3. The van der Waals surface area contributed by atoms with Crippen molar-refractivity contribution in [1.29, 1.82) is 0 Å². The number of hydrogen-bond donors (Lipinski definition) is 2. The van der Waals surface area contributed by atoms with Crippen molar-refractivity contribution in [2.45, 2.75) is 13.3 Å². The molecular formula is C10H11F3N2O2. The van der Waals surface area contributed by atoms with Crippen molar-refractivity contribution in [2.24, 2.45) is 4.99 Å². The van der Waals surface area contributed by atoms with E-state index in [4.69, 9.17) is 5.21 Å². The number of hydroxylamine groups is 1. The number of alkyl halides is 3. The Balaban J connectivity index is 3.11. The number of nitrogens with one attached hydrogen (secondary N) is 1. The zero-order chi connectivity index (χ0) is 12.9. The maximum Gasteiger partial charge on any atom is 0.573 e. The van der Waals surface area contributed by atoms with E-state index < -0.39 is 12.1 Å². The molecule has 0 aliphatic heterocycles. The monoisotopic (exact) mass is 248 g/mol. The van der Waals surface area contributed by atoms with Crippen LogP contribution < -0.4 is 10.2 Å². The van der Waals surface area contributed by atoms with E-state index in [0.717, 1.165) is 6.07 Å². The van der Waals surface area contributed by atoms with Crippen LogP contribution in [0.15, 0.2) is 29.3 Å². The molecule has 0 unspecified atom stereocenters. The van der Waals surface area contributed by atoms with E-state index in [9.17, 15) is 13.2 Å². The van der Waals surface area contributed by atoms with Gasteiger partial charge in [0.15, 0.2) is 5.84 Å². The Morgan fingerprint density at radius 1 is 1.41 bits per heavy atom. The van der Waals surface area contributed by atoms with E-state index in [1.54, 1.807) is 12.4 Å². The molecule has 0 saturated heterocycles. The molecule has 7 heteroatoms. The van der Waals surface area contributed by atoms with Crippen LogP contribution in [0.4, 0.5) is 13.2 Å². The number of hydrogen-bond acceptors (Lipinski definition) is 3. The van der Waals surface area contributed by atoms with Gasteiger partial charge in [0.2, 0.25) is 0 Å². The number of aliphatic imine (C=N–C) groups is 1. The SMILES string of the molecule is CCN=C(NO)c1ccccc1OC(F)(F)F. The zero-order valence-corrected chi connectivity index (χ0v) is 8.95. The summed E-state index contributed by atoms with van der Waals surface area (Å²) in [5, 5.41) is 8.82. The van der Waals surface area contributed by atoms with E-state index in [2.05, 4.69) is 9.73 Å². The zero-order valence-electron chi connectivity index (χ0n) is 8.95. The lowest BCUT2D eigenvalue weighted by atomic mass is 10.2. The second-order valence-corrected chi connectivity index (χ2v) is 2.98. The Labute approximate surface area is 95.7 Å². The van der Waals surface area contributed by atoms with Gasteiger partial charge in [-0.05, 0) is 19.1 Å². The molecule has 4 nitrogen and oxygen atoms in total. The minimum atomic E-state index is -4.79. The van der Waals surface area contributed by atoms with Gasteiger partial charge < -0.3 is 4.74 Å². The Morgan fingerprint density at radius 3 is 2.59 bits per heavy atom. The first-order chi connectivity index (χ1) is 7.98. The number of nitrogens with zero attached hydrogens (tertiary/aromatic N) is 1. The Bertz CT molecular complexity index is 405.